The molecule has 19 heavy (non-hydrogen) atoms. The van der Waals surface area contributed by atoms with Crippen molar-refractivity contribution in [1.82, 2.24) is 0 Å². The molecule has 100 valence electrons. The molecule has 0 aliphatic carbocycles. The molecule has 0 saturated carbocycles. The van der Waals surface area contributed by atoms with E-state index >= 15 is 0 Å². The van der Waals surface area contributed by atoms with Gasteiger partial charge in [0, 0.05) is 12.5 Å². The maximum Gasteiger partial charge on any atom is 0.416 e. The average Bonchev–Trinajstić information content (AvgIpc) is 2.33. The first-order valence-electron chi connectivity index (χ1n) is 5.11. The van der Waals surface area contributed by atoms with E-state index in [9.17, 15) is 13.2 Å². The van der Waals surface area contributed by atoms with Crippen molar-refractivity contribution in [3.8, 4) is 11.1 Å². The molecule has 2 aromatic carbocycles. The van der Waals surface area contributed by atoms with Crippen LogP contribution >= 0.6 is 54.5 Å². The Hall–Kier alpha value is -0.0800. The van der Waals surface area contributed by atoms with Gasteiger partial charge in [-0.15, -0.1) is 0 Å². The molecule has 0 saturated heterocycles. The number of alkyl halides is 3. The molecule has 0 atom stereocenters. The maximum atomic E-state index is 12.5. The van der Waals surface area contributed by atoms with Crippen molar-refractivity contribution in [3.63, 3.8) is 0 Å². The Kier molecular flexibility index (Phi) is 4.62. The highest BCUT2D eigenvalue weighted by molar-refractivity contribution is 14.1. The van der Waals surface area contributed by atoms with Crippen LogP contribution in [0.15, 0.2) is 45.3 Å². The summed E-state index contributed by atoms with van der Waals surface area (Å²) in [5.41, 5.74) is 0.940. The zero-order valence-electron chi connectivity index (χ0n) is 9.23. The molecule has 0 unspecified atom stereocenters. The van der Waals surface area contributed by atoms with Gasteiger partial charge in [-0.25, -0.2) is 0 Å². The molecule has 0 amide bonds. The van der Waals surface area contributed by atoms with E-state index in [1.807, 2.05) is 12.1 Å². The van der Waals surface area contributed by atoms with Crippen LogP contribution in [-0.4, -0.2) is 0 Å². The van der Waals surface area contributed by atoms with Gasteiger partial charge in [-0.2, -0.15) is 13.2 Å². The molecule has 6 heteroatoms. The van der Waals surface area contributed by atoms with Gasteiger partial charge in [0.05, 0.1) is 5.56 Å². The van der Waals surface area contributed by atoms with Gasteiger partial charge >= 0.3 is 6.18 Å². The molecule has 0 spiro atoms. The fraction of sp³-hybridized carbons (Fsp3) is 0.0769. The Morgan fingerprint density at radius 1 is 0.895 bits per heavy atom. The first-order chi connectivity index (χ1) is 8.79. The molecule has 2 rings (SSSR count). The number of benzene rings is 2. The molecular weight excluding hydrogens is 500 g/mol. The highest BCUT2D eigenvalue weighted by Crippen LogP contribution is 2.36. The Morgan fingerprint density at radius 2 is 1.47 bits per heavy atom. The topological polar surface area (TPSA) is 0 Å². The minimum Gasteiger partial charge on any atom is -0.166 e. The van der Waals surface area contributed by atoms with Crippen LogP contribution in [-0.2, 0) is 6.18 Å². The van der Waals surface area contributed by atoms with Gasteiger partial charge < -0.3 is 0 Å². The zero-order valence-corrected chi connectivity index (χ0v) is 14.6. The Morgan fingerprint density at radius 3 is 2.00 bits per heavy atom. The van der Waals surface area contributed by atoms with E-state index in [0.29, 0.717) is 0 Å². The van der Waals surface area contributed by atoms with Crippen LogP contribution in [0.5, 0.6) is 0 Å². The largest absolute Gasteiger partial charge is 0.416 e. The first-order valence-corrected chi connectivity index (χ1v) is 7.77. The van der Waals surface area contributed by atoms with Crippen molar-refractivity contribution in [2.24, 2.45) is 0 Å². The summed E-state index contributed by atoms with van der Waals surface area (Å²) in [4.78, 5) is 0. The highest BCUT2D eigenvalue weighted by Gasteiger charge is 2.30. The lowest BCUT2D eigenvalue weighted by molar-refractivity contribution is -0.137. The maximum absolute atomic E-state index is 12.5. The molecule has 0 aliphatic rings. The summed E-state index contributed by atoms with van der Waals surface area (Å²) >= 11 is 9.02. The van der Waals surface area contributed by atoms with Gasteiger partial charge in [-0.1, -0.05) is 28.1 Å². The van der Waals surface area contributed by atoms with Crippen LogP contribution in [0.3, 0.4) is 0 Å². The summed E-state index contributed by atoms with van der Waals surface area (Å²) in [5, 5.41) is 0. The van der Waals surface area contributed by atoms with Gasteiger partial charge in [0.1, 0.15) is 0 Å². The predicted molar refractivity (Wildman–Crippen MR) is 85.0 cm³/mol. The van der Waals surface area contributed by atoms with E-state index < -0.39 is 11.7 Å². The second kappa shape index (κ2) is 5.73. The van der Waals surface area contributed by atoms with Crippen molar-refractivity contribution in [2.75, 3.05) is 0 Å². The van der Waals surface area contributed by atoms with Crippen molar-refractivity contribution < 1.29 is 13.2 Å². The summed E-state index contributed by atoms with van der Waals surface area (Å²) in [6.45, 7) is 0. The average molecular weight is 506 g/mol. The number of hydrogen-bond donors (Lipinski definition) is 0. The summed E-state index contributed by atoms with van der Waals surface area (Å²) in [6.07, 6.45) is -4.30. The minimum atomic E-state index is -4.30. The van der Waals surface area contributed by atoms with Crippen molar-refractivity contribution in [3.05, 3.63) is 54.5 Å². The predicted octanol–water partition coefficient (Wildman–Crippen LogP) is 6.50. The summed E-state index contributed by atoms with van der Waals surface area (Å²) in [7, 11) is 0. The lowest BCUT2D eigenvalue weighted by atomic mass is 10.0. The molecule has 2 aromatic rings. The molecular formula is C13H6Br2F3I. The smallest absolute Gasteiger partial charge is 0.166 e. The Labute approximate surface area is 138 Å². The monoisotopic (exact) mass is 504 g/mol. The molecule has 0 N–H and O–H groups in total. The molecule has 0 fully saturated rings. The first kappa shape index (κ1) is 15.3. The number of rotatable bonds is 1. The van der Waals surface area contributed by atoms with Gasteiger partial charge in [0.2, 0.25) is 0 Å². The Bertz CT molecular complexity index is 607. The van der Waals surface area contributed by atoms with Gasteiger partial charge in [-0.05, 0) is 73.9 Å². The van der Waals surface area contributed by atoms with E-state index in [2.05, 4.69) is 54.5 Å². The fourth-order valence-electron chi connectivity index (χ4n) is 1.58. The summed E-state index contributed by atoms with van der Waals surface area (Å²) < 4.78 is 40.3. The van der Waals surface area contributed by atoms with E-state index in [4.69, 9.17) is 0 Å². The third-order valence-corrected chi connectivity index (χ3v) is 5.48. The van der Waals surface area contributed by atoms with E-state index in [0.717, 1.165) is 35.8 Å². The van der Waals surface area contributed by atoms with Crippen LogP contribution in [0.1, 0.15) is 5.56 Å². The van der Waals surface area contributed by atoms with Crippen molar-refractivity contribution >= 4 is 54.5 Å². The Balaban J connectivity index is 2.46. The quantitative estimate of drug-likeness (QED) is 0.306. The summed E-state index contributed by atoms with van der Waals surface area (Å²) in [5.74, 6) is 0. The van der Waals surface area contributed by atoms with Crippen LogP contribution in [0.2, 0.25) is 0 Å². The van der Waals surface area contributed by atoms with E-state index in [1.165, 1.54) is 12.1 Å². The normalized spacial score (nSPS) is 11.7. The van der Waals surface area contributed by atoms with Crippen LogP contribution in [0, 0.1) is 3.57 Å². The second-order valence-corrected chi connectivity index (χ2v) is 6.69. The number of hydrogen-bond acceptors (Lipinski definition) is 0. The molecule has 0 aliphatic heterocycles. The van der Waals surface area contributed by atoms with E-state index in [1.54, 1.807) is 0 Å². The van der Waals surface area contributed by atoms with E-state index in [-0.39, 0.29) is 0 Å². The zero-order chi connectivity index (χ0) is 14.2. The van der Waals surface area contributed by atoms with Crippen LogP contribution < -0.4 is 0 Å². The molecule has 0 bridgehead atoms. The highest BCUT2D eigenvalue weighted by atomic mass is 127. The fourth-order valence-corrected chi connectivity index (χ4v) is 3.39. The third kappa shape index (κ3) is 3.52. The third-order valence-electron chi connectivity index (χ3n) is 2.53. The SMILES string of the molecule is FC(F)(F)c1ccc(-c2cc(Br)c(I)cc2Br)cc1. The van der Waals surface area contributed by atoms with Crippen LogP contribution in [0.4, 0.5) is 13.2 Å². The van der Waals surface area contributed by atoms with Gasteiger partial charge in [-0.3, -0.25) is 0 Å². The number of halogens is 6. The molecule has 0 aromatic heterocycles. The lowest BCUT2D eigenvalue weighted by Crippen LogP contribution is -2.04. The lowest BCUT2D eigenvalue weighted by Gasteiger charge is -2.10. The molecule has 0 nitrogen and oxygen atoms in total. The molecule has 0 radical (unpaired) electrons. The summed E-state index contributed by atoms with van der Waals surface area (Å²) in [6, 6.07) is 8.93. The minimum absolute atomic E-state index is 0.642. The van der Waals surface area contributed by atoms with Gasteiger partial charge in [0.25, 0.3) is 0 Å². The van der Waals surface area contributed by atoms with Crippen LogP contribution in [0.25, 0.3) is 11.1 Å². The second-order valence-electron chi connectivity index (χ2n) is 3.82. The molecule has 0 heterocycles. The van der Waals surface area contributed by atoms with Crippen molar-refractivity contribution in [2.45, 2.75) is 6.18 Å². The standard InChI is InChI=1S/C13H6Br2F3I/c14-10-6-12(19)11(15)5-9(10)7-1-3-8(4-2-7)13(16,17)18/h1-6H. The van der Waals surface area contributed by atoms with Gasteiger partial charge in [0.15, 0.2) is 0 Å². The van der Waals surface area contributed by atoms with Crippen molar-refractivity contribution in [1.29, 1.82) is 0 Å².